The van der Waals surface area contributed by atoms with Gasteiger partial charge in [-0.2, -0.15) is 0 Å². The first-order valence-electron chi connectivity index (χ1n) is 12.9. The third-order valence-corrected chi connectivity index (χ3v) is 6.52. The van der Waals surface area contributed by atoms with Crippen molar-refractivity contribution < 1.29 is 39.2 Å². The molecule has 1 aliphatic rings. The molecule has 0 aliphatic heterocycles. The van der Waals surface area contributed by atoms with Gasteiger partial charge in [-0.1, -0.05) is 70.4 Å². The van der Waals surface area contributed by atoms with Crippen molar-refractivity contribution >= 4 is 17.9 Å². The molecule has 0 saturated carbocycles. The Balaban J connectivity index is 2.35. The summed E-state index contributed by atoms with van der Waals surface area (Å²) >= 11 is 0. The van der Waals surface area contributed by atoms with Crippen LogP contribution in [0.5, 0.6) is 0 Å². The van der Waals surface area contributed by atoms with Crippen LogP contribution in [0.25, 0.3) is 0 Å². The van der Waals surface area contributed by atoms with Gasteiger partial charge >= 0.3 is 17.9 Å². The molecule has 4 atom stereocenters. The Morgan fingerprint density at radius 3 is 1.79 bits per heavy atom. The van der Waals surface area contributed by atoms with E-state index in [1.807, 2.05) is 12.2 Å². The number of hydrogen-bond acceptors (Lipinski definition) is 6. The molecule has 0 radical (unpaired) electrons. The molecule has 0 amide bonds. The number of carbonyl (C=O) groups excluding carboxylic acids is 1. The van der Waals surface area contributed by atoms with Crippen LogP contribution in [0.3, 0.4) is 0 Å². The summed E-state index contributed by atoms with van der Waals surface area (Å²) in [5.41, 5.74) is 0. The van der Waals surface area contributed by atoms with E-state index in [2.05, 4.69) is 6.92 Å². The van der Waals surface area contributed by atoms with Crippen molar-refractivity contribution in [2.45, 2.75) is 84.0 Å². The number of aliphatic carboxylic acids is 2. The van der Waals surface area contributed by atoms with Crippen molar-refractivity contribution in [2.24, 2.45) is 23.7 Å². The zero-order valence-corrected chi connectivity index (χ0v) is 20.7. The minimum Gasteiger partial charge on any atom is -0.481 e. The molecule has 1 rings (SSSR count). The Morgan fingerprint density at radius 2 is 1.26 bits per heavy atom. The second kappa shape index (κ2) is 18.4. The first kappa shape index (κ1) is 30.1. The van der Waals surface area contributed by atoms with Gasteiger partial charge in [0.2, 0.25) is 0 Å². The molecular weight excluding hydrogens is 440 g/mol. The van der Waals surface area contributed by atoms with Crippen LogP contribution in [-0.2, 0) is 23.9 Å². The number of hydrogen-bond donors (Lipinski definition) is 3. The van der Waals surface area contributed by atoms with Gasteiger partial charge in [0.05, 0.1) is 31.7 Å². The van der Waals surface area contributed by atoms with Gasteiger partial charge in [0.25, 0.3) is 0 Å². The van der Waals surface area contributed by atoms with Crippen LogP contribution in [0.2, 0.25) is 0 Å². The van der Waals surface area contributed by atoms with E-state index in [1.54, 1.807) is 0 Å². The SMILES string of the molecule is CCCCCCC1C=CC(CCCCCCCC(=O)OCCOCCO)C(C(=O)O)C1C(=O)O. The van der Waals surface area contributed by atoms with Crippen LogP contribution in [0.1, 0.15) is 84.0 Å². The Morgan fingerprint density at radius 1 is 0.735 bits per heavy atom. The summed E-state index contributed by atoms with van der Waals surface area (Å²) in [4.78, 5) is 35.6. The number of allylic oxidation sites excluding steroid dienone is 2. The number of rotatable bonds is 20. The highest BCUT2D eigenvalue weighted by Gasteiger charge is 2.44. The van der Waals surface area contributed by atoms with Crippen molar-refractivity contribution in [1.82, 2.24) is 0 Å². The standard InChI is InChI=1S/C26H44O8/c1-2-3-4-8-11-20-14-15-21(24(26(31)32)23(20)25(29)30)12-9-6-5-7-10-13-22(28)34-19-18-33-17-16-27/h14-15,20-21,23-24,27H,2-13,16-19H2,1H3,(H,29,30)(H,31,32). The molecule has 196 valence electrons. The minimum atomic E-state index is -1.01. The van der Waals surface area contributed by atoms with Gasteiger partial charge in [0.1, 0.15) is 6.61 Å². The van der Waals surface area contributed by atoms with E-state index in [0.717, 1.165) is 64.2 Å². The molecule has 0 aromatic carbocycles. The minimum absolute atomic E-state index is 0.0538. The predicted molar refractivity (Wildman–Crippen MR) is 128 cm³/mol. The molecule has 0 aromatic rings. The highest BCUT2D eigenvalue weighted by atomic mass is 16.6. The van der Waals surface area contributed by atoms with Crippen LogP contribution < -0.4 is 0 Å². The zero-order valence-electron chi connectivity index (χ0n) is 20.7. The van der Waals surface area contributed by atoms with E-state index in [0.29, 0.717) is 12.8 Å². The lowest BCUT2D eigenvalue weighted by Gasteiger charge is -2.35. The van der Waals surface area contributed by atoms with Crippen molar-refractivity contribution in [3.05, 3.63) is 12.2 Å². The molecule has 0 aromatic heterocycles. The maximum absolute atomic E-state index is 12.0. The van der Waals surface area contributed by atoms with Crippen molar-refractivity contribution in [3.63, 3.8) is 0 Å². The number of esters is 1. The first-order chi connectivity index (χ1) is 16.4. The van der Waals surface area contributed by atoms with Gasteiger partial charge in [-0.3, -0.25) is 14.4 Å². The fourth-order valence-electron chi connectivity index (χ4n) is 4.72. The lowest BCUT2D eigenvalue weighted by molar-refractivity contribution is -0.158. The first-order valence-corrected chi connectivity index (χ1v) is 12.9. The van der Waals surface area contributed by atoms with Crippen LogP contribution >= 0.6 is 0 Å². The zero-order chi connectivity index (χ0) is 25.2. The van der Waals surface area contributed by atoms with Crippen LogP contribution in [0, 0.1) is 23.7 Å². The second-order valence-corrected chi connectivity index (χ2v) is 9.15. The quantitative estimate of drug-likeness (QED) is 0.131. The fraction of sp³-hybridized carbons (Fsp3) is 0.808. The smallest absolute Gasteiger partial charge is 0.307 e. The van der Waals surface area contributed by atoms with Gasteiger partial charge in [-0.05, 0) is 31.1 Å². The Labute approximate surface area is 203 Å². The van der Waals surface area contributed by atoms with Gasteiger partial charge in [-0.25, -0.2) is 0 Å². The van der Waals surface area contributed by atoms with Gasteiger partial charge in [0, 0.05) is 6.42 Å². The molecule has 34 heavy (non-hydrogen) atoms. The summed E-state index contributed by atoms with van der Waals surface area (Å²) in [7, 11) is 0. The predicted octanol–water partition coefficient (Wildman–Crippen LogP) is 4.44. The molecule has 0 spiro atoms. The number of ether oxygens (including phenoxy) is 2. The van der Waals surface area contributed by atoms with E-state index in [-0.39, 0.29) is 44.2 Å². The lowest BCUT2D eigenvalue weighted by atomic mass is 9.67. The third-order valence-electron chi connectivity index (χ3n) is 6.52. The second-order valence-electron chi connectivity index (χ2n) is 9.15. The average Bonchev–Trinajstić information content (AvgIpc) is 2.80. The fourth-order valence-corrected chi connectivity index (χ4v) is 4.72. The molecular formula is C26H44O8. The topological polar surface area (TPSA) is 130 Å². The average molecular weight is 485 g/mol. The maximum atomic E-state index is 12.0. The number of carboxylic acid groups (broad SMARTS) is 2. The molecule has 3 N–H and O–H groups in total. The number of carbonyl (C=O) groups is 3. The van der Waals surface area contributed by atoms with E-state index in [9.17, 15) is 24.6 Å². The van der Waals surface area contributed by atoms with Crippen molar-refractivity contribution in [3.8, 4) is 0 Å². The van der Waals surface area contributed by atoms with Crippen LogP contribution in [0.4, 0.5) is 0 Å². The Kier molecular flexibility index (Phi) is 16.3. The third kappa shape index (κ3) is 12.0. The summed E-state index contributed by atoms with van der Waals surface area (Å²) < 4.78 is 10.1. The molecule has 8 heteroatoms. The molecule has 1 aliphatic carbocycles. The van der Waals surface area contributed by atoms with Crippen LogP contribution in [-0.4, -0.2) is 59.7 Å². The summed E-state index contributed by atoms with van der Waals surface area (Å²) in [6, 6.07) is 0. The largest absolute Gasteiger partial charge is 0.481 e. The van der Waals surface area contributed by atoms with E-state index in [1.165, 1.54) is 0 Å². The maximum Gasteiger partial charge on any atom is 0.307 e. The van der Waals surface area contributed by atoms with Crippen LogP contribution in [0.15, 0.2) is 12.2 Å². The molecule has 0 fully saturated rings. The summed E-state index contributed by atoms with van der Waals surface area (Å²) in [5.74, 6) is -4.49. The summed E-state index contributed by atoms with van der Waals surface area (Å²) in [6.45, 7) is 2.77. The monoisotopic (exact) mass is 484 g/mol. The van der Waals surface area contributed by atoms with E-state index >= 15 is 0 Å². The van der Waals surface area contributed by atoms with E-state index in [4.69, 9.17) is 14.6 Å². The molecule has 0 saturated heterocycles. The highest BCUT2D eigenvalue weighted by Crippen LogP contribution is 2.39. The molecule has 4 unspecified atom stereocenters. The van der Waals surface area contributed by atoms with Crippen molar-refractivity contribution in [2.75, 3.05) is 26.4 Å². The highest BCUT2D eigenvalue weighted by molar-refractivity contribution is 5.81. The van der Waals surface area contributed by atoms with Crippen molar-refractivity contribution in [1.29, 1.82) is 0 Å². The Bertz CT molecular complexity index is 618. The lowest BCUT2D eigenvalue weighted by Crippen LogP contribution is -2.41. The Hall–Kier alpha value is -1.93. The summed E-state index contributed by atoms with van der Waals surface area (Å²) in [6.07, 6.45) is 14.1. The molecule has 8 nitrogen and oxygen atoms in total. The van der Waals surface area contributed by atoms with E-state index < -0.39 is 23.8 Å². The molecule has 0 heterocycles. The number of aliphatic hydroxyl groups excluding tert-OH is 1. The summed E-state index contributed by atoms with van der Waals surface area (Å²) in [5, 5.41) is 28.2. The number of unbranched alkanes of at least 4 members (excludes halogenated alkanes) is 7. The van der Waals surface area contributed by atoms with Gasteiger partial charge in [0.15, 0.2) is 0 Å². The normalized spacial score (nSPS) is 21.9. The van der Waals surface area contributed by atoms with Gasteiger partial charge < -0.3 is 24.8 Å². The number of carboxylic acids is 2. The number of aliphatic hydroxyl groups is 1. The van der Waals surface area contributed by atoms with Gasteiger partial charge in [-0.15, -0.1) is 0 Å². The molecule has 0 bridgehead atoms.